The van der Waals surface area contributed by atoms with Gasteiger partial charge in [-0.3, -0.25) is 4.68 Å². The molecule has 2 aromatic heterocycles. The molecule has 212 valence electrons. The lowest BCUT2D eigenvalue weighted by atomic mass is 9.82. The Bertz CT molecular complexity index is 1710. The maximum atomic E-state index is 15.7. The molecule has 0 saturated heterocycles. The lowest BCUT2D eigenvalue weighted by molar-refractivity contribution is 0.395. The third-order valence-electron chi connectivity index (χ3n) is 7.64. The molecule has 0 amide bonds. The molecule has 40 heavy (non-hydrogen) atoms. The molecule has 1 saturated carbocycles. The highest BCUT2D eigenvalue weighted by molar-refractivity contribution is 7.90. The van der Waals surface area contributed by atoms with Gasteiger partial charge < -0.3 is 11.5 Å². The fourth-order valence-electron chi connectivity index (χ4n) is 5.52. The second-order valence-electron chi connectivity index (χ2n) is 10.9. The average Bonchev–Trinajstić information content (AvgIpc) is 3.30. The van der Waals surface area contributed by atoms with Crippen molar-refractivity contribution in [2.24, 2.45) is 5.73 Å². The van der Waals surface area contributed by atoms with Crippen molar-refractivity contribution in [1.29, 1.82) is 0 Å². The van der Waals surface area contributed by atoms with Crippen LogP contribution in [0.1, 0.15) is 68.2 Å². The van der Waals surface area contributed by atoms with Gasteiger partial charge in [-0.2, -0.15) is 5.10 Å². The Morgan fingerprint density at radius 2 is 1.80 bits per heavy atom. The van der Waals surface area contributed by atoms with E-state index in [0.717, 1.165) is 48.9 Å². The molecule has 1 aliphatic rings. The monoisotopic (exact) mass is 587 g/mol. The second kappa shape index (κ2) is 10.7. The number of pyridine rings is 1. The predicted octanol–water partition coefficient (Wildman–Crippen LogP) is 6.46. The molecule has 2 aromatic carbocycles. The molecule has 5 rings (SSSR count). The van der Waals surface area contributed by atoms with Gasteiger partial charge in [0.2, 0.25) is 0 Å². The summed E-state index contributed by atoms with van der Waals surface area (Å²) in [5.41, 5.74) is 14.6. The number of anilines is 1. The van der Waals surface area contributed by atoms with E-state index in [4.69, 9.17) is 28.2 Å². The van der Waals surface area contributed by atoms with Crippen LogP contribution in [-0.4, -0.2) is 29.2 Å². The van der Waals surface area contributed by atoms with E-state index >= 15 is 8.78 Å². The van der Waals surface area contributed by atoms with Gasteiger partial charge in [0.05, 0.1) is 26.6 Å². The molecule has 0 aliphatic heterocycles. The number of fused-ring (bicyclic) bond motifs is 1. The van der Waals surface area contributed by atoms with Crippen molar-refractivity contribution in [3.63, 3.8) is 0 Å². The first-order chi connectivity index (χ1) is 18.9. The Labute approximate surface area is 237 Å². The first-order valence-corrected chi connectivity index (χ1v) is 15.3. The number of nitrogens with two attached hydrogens (primary N) is 2. The molecule has 11 heteroatoms. The SMILES string of the molecule is Cc1ccc(Cl)c(S(=O)(=O)Cc2cc(F)c(-c3nn(C(C)C)c4c(C5CCC(N)CC5)cnc(N)c34)cc2F)c1. The first-order valence-electron chi connectivity index (χ1n) is 13.3. The van der Waals surface area contributed by atoms with Crippen molar-refractivity contribution in [3.05, 3.63) is 69.9 Å². The Kier molecular flexibility index (Phi) is 7.62. The van der Waals surface area contributed by atoms with Crippen LogP contribution in [0.5, 0.6) is 0 Å². The maximum absolute atomic E-state index is 15.7. The molecule has 2 heterocycles. The molecule has 7 nitrogen and oxygen atoms in total. The highest BCUT2D eigenvalue weighted by atomic mass is 35.5. The molecule has 1 aliphatic carbocycles. The van der Waals surface area contributed by atoms with Crippen LogP contribution in [0, 0.1) is 18.6 Å². The number of benzene rings is 2. The Morgan fingerprint density at radius 1 is 1.10 bits per heavy atom. The van der Waals surface area contributed by atoms with Gasteiger partial charge in [-0.15, -0.1) is 0 Å². The summed E-state index contributed by atoms with van der Waals surface area (Å²) in [6.07, 6.45) is 5.30. The fourth-order valence-corrected chi connectivity index (χ4v) is 7.51. The van der Waals surface area contributed by atoms with E-state index in [9.17, 15) is 8.42 Å². The van der Waals surface area contributed by atoms with E-state index in [-0.39, 0.29) is 50.6 Å². The number of nitrogen functional groups attached to an aromatic ring is 1. The lowest BCUT2D eigenvalue weighted by Gasteiger charge is -2.27. The topological polar surface area (TPSA) is 117 Å². The van der Waals surface area contributed by atoms with Crippen molar-refractivity contribution >= 4 is 38.2 Å². The van der Waals surface area contributed by atoms with Crippen molar-refractivity contribution in [2.45, 2.75) is 75.1 Å². The van der Waals surface area contributed by atoms with Crippen LogP contribution in [0.2, 0.25) is 5.02 Å². The van der Waals surface area contributed by atoms with Crippen LogP contribution in [0.15, 0.2) is 41.4 Å². The van der Waals surface area contributed by atoms with Crippen LogP contribution >= 0.6 is 11.6 Å². The van der Waals surface area contributed by atoms with Crippen molar-refractivity contribution in [2.75, 3.05) is 5.73 Å². The Hall–Kier alpha value is -3.08. The molecule has 0 unspecified atom stereocenters. The zero-order valence-electron chi connectivity index (χ0n) is 22.6. The van der Waals surface area contributed by atoms with Gasteiger partial charge in [-0.1, -0.05) is 17.7 Å². The van der Waals surface area contributed by atoms with Gasteiger partial charge in [0.1, 0.15) is 23.1 Å². The van der Waals surface area contributed by atoms with Gasteiger partial charge in [0.25, 0.3) is 0 Å². The third-order valence-corrected chi connectivity index (χ3v) is 9.78. The minimum absolute atomic E-state index is 0.0209. The number of hydrogen-bond donors (Lipinski definition) is 2. The first kappa shape index (κ1) is 28.4. The summed E-state index contributed by atoms with van der Waals surface area (Å²) in [6.45, 7) is 5.63. The van der Waals surface area contributed by atoms with E-state index in [1.54, 1.807) is 23.9 Å². The summed E-state index contributed by atoms with van der Waals surface area (Å²) < 4.78 is 59.1. The predicted molar refractivity (Wildman–Crippen MR) is 154 cm³/mol. The van der Waals surface area contributed by atoms with Crippen LogP contribution in [-0.2, 0) is 15.6 Å². The molecular formula is C29H32ClF2N5O2S. The maximum Gasteiger partial charge on any atom is 0.184 e. The summed E-state index contributed by atoms with van der Waals surface area (Å²) >= 11 is 6.12. The summed E-state index contributed by atoms with van der Waals surface area (Å²) in [5, 5.41) is 5.17. The van der Waals surface area contributed by atoms with Gasteiger partial charge in [-0.25, -0.2) is 22.2 Å². The molecule has 1 fully saturated rings. The average molecular weight is 588 g/mol. The van der Waals surface area contributed by atoms with E-state index < -0.39 is 27.2 Å². The number of sulfone groups is 1. The highest BCUT2D eigenvalue weighted by Gasteiger charge is 2.29. The van der Waals surface area contributed by atoms with Gasteiger partial charge >= 0.3 is 0 Å². The molecule has 0 radical (unpaired) electrons. The van der Waals surface area contributed by atoms with E-state index in [1.807, 2.05) is 13.8 Å². The number of nitrogens with zero attached hydrogens (tertiary/aromatic N) is 3. The molecule has 0 bridgehead atoms. The summed E-state index contributed by atoms with van der Waals surface area (Å²) in [4.78, 5) is 4.28. The largest absolute Gasteiger partial charge is 0.383 e. The third kappa shape index (κ3) is 5.20. The molecule has 4 N–H and O–H groups in total. The lowest BCUT2D eigenvalue weighted by Crippen LogP contribution is -2.26. The Morgan fingerprint density at radius 3 is 2.48 bits per heavy atom. The van der Waals surface area contributed by atoms with Gasteiger partial charge in [0, 0.05) is 29.4 Å². The zero-order valence-corrected chi connectivity index (χ0v) is 24.2. The number of halogens is 3. The van der Waals surface area contributed by atoms with Gasteiger partial charge in [0.15, 0.2) is 9.84 Å². The van der Waals surface area contributed by atoms with Crippen LogP contribution in [0.3, 0.4) is 0 Å². The minimum atomic E-state index is -4.05. The van der Waals surface area contributed by atoms with Crippen molar-refractivity contribution in [1.82, 2.24) is 14.8 Å². The summed E-state index contributed by atoms with van der Waals surface area (Å²) in [6, 6.07) is 6.51. The normalized spacial score (nSPS) is 18.1. The molecule has 0 spiro atoms. The number of aryl methyl sites for hydroxylation is 1. The summed E-state index contributed by atoms with van der Waals surface area (Å²) in [5.74, 6) is -2.09. The fraction of sp³-hybridized carbons (Fsp3) is 0.379. The molecule has 4 aromatic rings. The van der Waals surface area contributed by atoms with Crippen molar-refractivity contribution < 1.29 is 17.2 Å². The quantitative estimate of drug-likeness (QED) is 0.267. The molecular weight excluding hydrogens is 556 g/mol. The molecule has 0 atom stereocenters. The van der Waals surface area contributed by atoms with Crippen LogP contribution in [0.25, 0.3) is 22.2 Å². The Balaban J connectivity index is 1.61. The highest BCUT2D eigenvalue weighted by Crippen LogP contribution is 2.42. The van der Waals surface area contributed by atoms with Crippen LogP contribution in [0.4, 0.5) is 14.6 Å². The number of hydrogen-bond acceptors (Lipinski definition) is 6. The zero-order chi connectivity index (χ0) is 28.9. The minimum Gasteiger partial charge on any atom is -0.383 e. The summed E-state index contributed by atoms with van der Waals surface area (Å²) in [7, 11) is -4.05. The smallest absolute Gasteiger partial charge is 0.184 e. The standard InChI is InChI=1S/C29H32ClF2N5O2S/c1-15(2)37-28-21(17-5-7-19(33)8-6-17)13-35-29(34)26(28)27(36-37)20-12-23(31)18(11-24(20)32)14-40(38,39)25-10-16(3)4-9-22(25)30/h4,9-13,15,17,19H,5-8,14,33H2,1-3H3,(H2,34,35). The number of rotatable bonds is 6. The van der Waals surface area contributed by atoms with Crippen molar-refractivity contribution in [3.8, 4) is 11.3 Å². The second-order valence-corrected chi connectivity index (χ2v) is 13.3. The number of aromatic nitrogens is 3. The van der Waals surface area contributed by atoms with Crippen LogP contribution < -0.4 is 11.5 Å². The van der Waals surface area contributed by atoms with Gasteiger partial charge in [-0.05, 0) is 87.8 Å². The van der Waals surface area contributed by atoms with E-state index in [0.29, 0.717) is 10.9 Å². The van der Waals surface area contributed by atoms with E-state index in [1.165, 1.54) is 12.1 Å². The van der Waals surface area contributed by atoms with E-state index in [2.05, 4.69) is 4.98 Å².